The molecule has 1 atom stereocenters. The highest BCUT2D eigenvalue weighted by Crippen LogP contribution is 2.32. The minimum Gasteiger partial charge on any atom is -0.452 e. The molecule has 0 radical (unpaired) electrons. The van der Waals surface area contributed by atoms with Crippen LogP contribution in [0.25, 0.3) is 6.08 Å². The number of rotatable bonds is 6. The molecule has 2 aliphatic rings. The largest absolute Gasteiger partial charge is 0.452 e. The minimum atomic E-state index is -3.11. The Morgan fingerprint density at radius 3 is 2.59 bits per heavy atom. The van der Waals surface area contributed by atoms with Gasteiger partial charge >= 0.3 is 5.97 Å². The van der Waals surface area contributed by atoms with Crippen LogP contribution < -0.4 is 0 Å². The Bertz CT molecular complexity index is 882. The Morgan fingerprint density at radius 2 is 2.00 bits per heavy atom. The molecule has 1 aromatic rings. The van der Waals surface area contributed by atoms with Crippen LogP contribution >= 0.6 is 11.6 Å². The van der Waals surface area contributed by atoms with E-state index in [1.54, 1.807) is 4.90 Å². The first kappa shape index (κ1) is 19.8. The van der Waals surface area contributed by atoms with Crippen LogP contribution in [0, 0.1) is 5.82 Å². The van der Waals surface area contributed by atoms with Crippen molar-refractivity contribution < 1.29 is 27.1 Å². The third kappa shape index (κ3) is 5.29. The van der Waals surface area contributed by atoms with Gasteiger partial charge in [0, 0.05) is 18.2 Å². The smallest absolute Gasteiger partial charge is 0.331 e. The molecule has 2 fully saturated rings. The summed E-state index contributed by atoms with van der Waals surface area (Å²) in [6, 6.07) is 3.68. The van der Waals surface area contributed by atoms with Crippen LogP contribution in [0.1, 0.15) is 24.8 Å². The molecule has 1 aliphatic carbocycles. The fraction of sp³-hybridized carbons (Fsp3) is 0.444. The zero-order valence-electron chi connectivity index (χ0n) is 14.4. The van der Waals surface area contributed by atoms with E-state index >= 15 is 0 Å². The summed E-state index contributed by atoms with van der Waals surface area (Å²) in [7, 11) is -3.11. The molecule has 0 bridgehead atoms. The topological polar surface area (TPSA) is 80.8 Å². The summed E-state index contributed by atoms with van der Waals surface area (Å²) < 4.78 is 41.4. The SMILES string of the molecule is O=C(/C=C/c1ccc(F)c(Cl)c1)OCC(=O)N(C1CC1)[C@@H]1CCS(=O)(=O)C1. The predicted octanol–water partition coefficient (Wildman–Crippen LogP) is 2.21. The van der Waals surface area contributed by atoms with Gasteiger partial charge in [0.25, 0.3) is 5.91 Å². The molecule has 1 saturated heterocycles. The summed E-state index contributed by atoms with van der Waals surface area (Å²) in [6.07, 6.45) is 4.62. The van der Waals surface area contributed by atoms with Crippen molar-refractivity contribution in [2.24, 2.45) is 0 Å². The first-order valence-corrected chi connectivity index (χ1v) is 10.8. The number of hydrogen-bond acceptors (Lipinski definition) is 5. The van der Waals surface area contributed by atoms with Crippen molar-refractivity contribution in [1.82, 2.24) is 4.90 Å². The molecule has 3 rings (SSSR count). The van der Waals surface area contributed by atoms with Gasteiger partial charge in [-0.1, -0.05) is 17.7 Å². The Kier molecular flexibility index (Phi) is 5.86. The van der Waals surface area contributed by atoms with Crippen LogP contribution in [0.2, 0.25) is 5.02 Å². The molecule has 1 amide bonds. The fourth-order valence-electron chi connectivity index (χ4n) is 3.09. The lowest BCUT2D eigenvalue weighted by Crippen LogP contribution is -2.44. The lowest BCUT2D eigenvalue weighted by Gasteiger charge is -2.28. The van der Waals surface area contributed by atoms with Gasteiger partial charge in [-0.05, 0) is 43.0 Å². The van der Waals surface area contributed by atoms with Crippen molar-refractivity contribution in [3.63, 3.8) is 0 Å². The highest BCUT2D eigenvalue weighted by Gasteiger charge is 2.42. The Hall–Kier alpha value is -1.93. The number of carbonyl (C=O) groups is 2. The van der Waals surface area contributed by atoms with E-state index in [1.165, 1.54) is 24.3 Å². The average Bonchev–Trinajstić information content (AvgIpc) is 3.37. The van der Waals surface area contributed by atoms with Crippen molar-refractivity contribution in [3.05, 3.63) is 40.7 Å². The second kappa shape index (κ2) is 7.98. The van der Waals surface area contributed by atoms with Crippen molar-refractivity contribution in [2.45, 2.75) is 31.3 Å². The molecule has 0 N–H and O–H groups in total. The number of benzene rings is 1. The monoisotopic (exact) mass is 415 g/mol. The highest BCUT2D eigenvalue weighted by atomic mass is 35.5. The van der Waals surface area contributed by atoms with E-state index in [0.29, 0.717) is 12.0 Å². The van der Waals surface area contributed by atoms with Gasteiger partial charge in [-0.3, -0.25) is 4.79 Å². The molecule has 1 saturated carbocycles. The molecule has 27 heavy (non-hydrogen) atoms. The van der Waals surface area contributed by atoms with Gasteiger partial charge in [0.15, 0.2) is 16.4 Å². The number of sulfone groups is 1. The van der Waals surface area contributed by atoms with Gasteiger partial charge in [-0.2, -0.15) is 0 Å². The van der Waals surface area contributed by atoms with Crippen molar-refractivity contribution in [3.8, 4) is 0 Å². The Labute approximate surface area is 161 Å². The lowest BCUT2D eigenvalue weighted by molar-refractivity contribution is -0.149. The molecular formula is C18H19ClFNO5S. The third-order valence-electron chi connectivity index (χ3n) is 4.52. The number of halogens is 2. The molecular weight excluding hydrogens is 397 g/mol. The summed E-state index contributed by atoms with van der Waals surface area (Å²) >= 11 is 5.67. The number of ether oxygens (including phenoxy) is 1. The van der Waals surface area contributed by atoms with Crippen LogP contribution in [0.15, 0.2) is 24.3 Å². The molecule has 1 aromatic carbocycles. The zero-order chi connectivity index (χ0) is 19.6. The van der Waals surface area contributed by atoms with E-state index in [1.807, 2.05) is 0 Å². The van der Waals surface area contributed by atoms with E-state index < -0.39 is 28.2 Å². The fourth-order valence-corrected chi connectivity index (χ4v) is 4.99. The molecule has 0 aromatic heterocycles. The summed E-state index contributed by atoms with van der Waals surface area (Å²) in [5, 5.41) is -0.0627. The van der Waals surface area contributed by atoms with Gasteiger partial charge in [-0.25, -0.2) is 17.6 Å². The summed E-state index contributed by atoms with van der Waals surface area (Å²) in [5.74, 6) is -1.62. The van der Waals surface area contributed by atoms with E-state index in [9.17, 15) is 22.4 Å². The summed E-state index contributed by atoms with van der Waals surface area (Å²) in [5.41, 5.74) is 0.514. The molecule has 9 heteroatoms. The first-order chi connectivity index (χ1) is 12.7. The maximum Gasteiger partial charge on any atom is 0.331 e. The van der Waals surface area contributed by atoms with Crippen molar-refractivity contribution >= 4 is 39.4 Å². The molecule has 6 nitrogen and oxygen atoms in total. The maximum absolute atomic E-state index is 13.1. The Balaban J connectivity index is 1.54. The Morgan fingerprint density at radius 1 is 1.26 bits per heavy atom. The van der Waals surface area contributed by atoms with Gasteiger partial charge < -0.3 is 9.64 Å². The van der Waals surface area contributed by atoms with Crippen LogP contribution in [0.4, 0.5) is 4.39 Å². The van der Waals surface area contributed by atoms with Gasteiger partial charge in [0.2, 0.25) is 0 Å². The normalized spacial score (nSPS) is 21.3. The van der Waals surface area contributed by atoms with Gasteiger partial charge in [-0.15, -0.1) is 0 Å². The number of nitrogens with zero attached hydrogens (tertiary/aromatic N) is 1. The minimum absolute atomic E-state index is 0.0333. The van der Waals surface area contributed by atoms with E-state index in [2.05, 4.69) is 0 Å². The highest BCUT2D eigenvalue weighted by molar-refractivity contribution is 7.91. The number of amides is 1. The standard InChI is InChI=1S/C18H19ClFNO5S/c19-15-9-12(1-5-16(15)20)2-6-18(23)26-10-17(22)21(13-3-4-13)14-7-8-27(24,25)11-14/h1-2,5-6,9,13-14H,3-4,7-8,10-11H2/b6-2+/t14-/m1/s1. The third-order valence-corrected chi connectivity index (χ3v) is 6.56. The van der Waals surface area contributed by atoms with Crippen molar-refractivity contribution in [2.75, 3.05) is 18.1 Å². The van der Waals surface area contributed by atoms with Gasteiger partial charge in [0.1, 0.15) is 5.82 Å². The number of carbonyl (C=O) groups excluding carboxylic acids is 2. The van der Waals surface area contributed by atoms with Crippen LogP contribution in [-0.2, 0) is 24.2 Å². The zero-order valence-corrected chi connectivity index (χ0v) is 16.0. The first-order valence-electron chi connectivity index (χ1n) is 8.56. The molecule has 0 unspecified atom stereocenters. The molecule has 146 valence electrons. The molecule has 0 spiro atoms. The second-order valence-electron chi connectivity index (χ2n) is 6.70. The lowest BCUT2D eigenvalue weighted by atomic mass is 10.2. The van der Waals surface area contributed by atoms with Crippen LogP contribution in [-0.4, -0.2) is 55.4 Å². The second-order valence-corrected chi connectivity index (χ2v) is 9.34. The van der Waals surface area contributed by atoms with Crippen molar-refractivity contribution in [1.29, 1.82) is 0 Å². The van der Waals surface area contributed by atoms with Crippen LogP contribution in [0.5, 0.6) is 0 Å². The quantitative estimate of drug-likeness (QED) is 0.525. The summed E-state index contributed by atoms with van der Waals surface area (Å²) in [6.45, 7) is -0.444. The molecule has 1 heterocycles. The average molecular weight is 416 g/mol. The maximum atomic E-state index is 13.1. The number of esters is 1. The van der Waals surface area contributed by atoms with Gasteiger partial charge in [0.05, 0.1) is 16.5 Å². The van der Waals surface area contributed by atoms with E-state index in [0.717, 1.165) is 18.9 Å². The summed E-state index contributed by atoms with van der Waals surface area (Å²) in [4.78, 5) is 25.8. The van der Waals surface area contributed by atoms with E-state index in [4.69, 9.17) is 16.3 Å². The molecule has 1 aliphatic heterocycles. The van der Waals surface area contributed by atoms with E-state index in [-0.39, 0.29) is 34.5 Å². The number of hydrogen-bond donors (Lipinski definition) is 0. The predicted molar refractivity (Wildman–Crippen MR) is 98.3 cm³/mol. The van der Waals surface area contributed by atoms with Crippen LogP contribution in [0.3, 0.4) is 0 Å².